The summed E-state index contributed by atoms with van der Waals surface area (Å²) >= 11 is 0. The van der Waals surface area contributed by atoms with Gasteiger partial charge in [0.05, 0.1) is 4.92 Å². The van der Waals surface area contributed by atoms with Gasteiger partial charge in [0.25, 0.3) is 5.69 Å². The Hall–Kier alpha value is -1.91. The van der Waals surface area contributed by atoms with E-state index < -0.39 is 4.92 Å². The predicted octanol–water partition coefficient (Wildman–Crippen LogP) is 3.03. The van der Waals surface area contributed by atoms with E-state index in [9.17, 15) is 14.9 Å². The van der Waals surface area contributed by atoms with Crippen LogP contribution in [-0.4, -0.2) is 23.3 Å². The monoisotopic (exact) mass is 262 g/mol. The highest BCUT2D eigenvalue weighted by Gasteiger charge is 2.29. The summed E-state index contributed by atoms with van der Waals surface area (Å²) in [4.78, 5) is 24.2. The summed E-state index contributed by atoms with van der Waals surface area (Å²) in [6.45, 7) is 6.64. The molecule has 2 unspecified atom stereocenters. The Morgan fingerprint density at radius 3 is 2.58 bits per heavy atom. The highest BCUT2D eigenvalue weighted by molar-refractivity contribution is 6.00. The Labute approximate surface area is 112 Å². The van der Waals surface area contributed by atoms with Crippen LogP contribution >= 0.6 is 0 Å². The minimum Gasteiger partial charge on any atom is -0.368 e. The third-order valence-electron chi connectivity index (χ3n) is 3.66. The smallest absolute Gasteiger partial charge is 0.270 e. The SMILES string of the molecule is CC(=O)c1cc([N+](=O)[O-])ccc1N1CC(C)CC1C. The van der Waals surface area contributed by atoms with E-state index in [2.05, 4.69) is 18.7 Å². The minimum atomic E-state index is -0.466. The Morgan fingerprint density at radius 1 is 1.42 bits per heavy atom. The summed E-state index contributed by atoms with van der Waals surface area (Å²) < 4.78 is 0. The number of rotatable bonds is 3. The molecule has 5 heteroatoms. The molecule has 2 rings (SSSR count). The molecular formula is C14H18N2O3. The van der Waals surface area contributed by atoms with Gasteiger partial charge in [-0.2, -0.15) is 0 Å². The average molecular weight is 262 g/mol. The lowest BCUT2D eigenvalue weighted by molar-refractivity contribution is -0.384. The maximum absolute atomic E-state index is 11.7. The number of nitrogens with zero attached hydrogens (tertiary/aromatic N) is 2. The van der Waals surface area contributed by atoms with Crippen molar-refractivity contribution in [2.75, 3.05) is 11.4 Å². The lowest BCUT2D eigenvalue weighted by Crippen LogP contribution is -2.28. The molecule has 1 saturated heterocycles. The molecule has 0 aromatic heterocycles. The zero-order chi connectivity index (χ0) is 14.2. The Bertz CT molecular complexity index is 527. The molecule has 0 radical (unpaired) electrons. The van der Waals surface area contributed by atoms with Crippen LogP contribution in [0.1, 0.15) is 37.6 Å². The summed E-state index contributed by atoms with van der Waals surface area (Å²) in [6, 6.07) is 4.91. The number of non-ortho nitro benzene ring substituents is 1. The fourth-order valence-corrected chi connectivity index (χ4v) is 2.81. The highest BCUT2D eigenvalue weighted by atomic mass is 16.6. The fourth-order valence-electron chi connectivity index (χ4n) is 2.81. The molecule has 1 aromatic carbocycles. The topological polar surface area (TPSA) is 63.4 Å². The molecular weight excluding hydrogens is 244 g/mol. The third kappa shape index (κ3) is 2.59. The quantitative estimate of drug-likeness (QED) is 0.477. The van der Waals surface area contributed by atoms with Gasteiger partial charge in [-0.25, -0.2) is 0 Å². The first kappa shape index (κ1) is 13.5. The van der Waals surface area contributed by atoms with Gasteiger partial charge in [-0.3, -0.25) is 14.9 Å². The molecule has 0 spiro atoms. The Kier molecular flexibility index (Phi) is 3.55. The number of benzene rings is 1. The van der Waals surface area contributed by atoms with Gasteiger partial charge in [-0.15, -0.1) is 0 Å². The Morgan fingerprint density at radius 2 is 2.11 bits per heavy atom. The van der Waals surface area contributed by atoms with Gasteiger partial charge in [-0.05, 0) is 32.3 Å². The van der Waals surface area contributed by atoms with Gasteiger partial charge in [0.2, 0.25) is 0 Å². The molecule has 2 atom stereocenters. The molecule has 1 aliphatic heterocycles. The number of hydrogen-bond donors (Lipinski definition) is 0. The lowest BCUT2D eigenvalue weighted by atomic mass is 10.1. The molecule has 102 valence electrons. The fraction of sp³-hybridized carbons (Fsp3) is 0.500. The van der Waals surface area contributed by atoms with Crippen molar-refractivity contribution in [2.24, 2.45) is 5.92 Å². The minimum absolute atomic E-state index is 0.0335. The van der Waals surface area contributed by atoms with E-state index in [0.717, 1.165) is 18.7 Å². The first-order chi connectivity index (χ1) is 8.90. The van der Waals surface area contributed by atoms with Crippen LogP contribution in [-0.2, 0) is 0 Å². The van der Waals surface area contributed by atoms with E-state index in [1.54, 1.807) is 6.07 Å². The largest absolute Gasteiger partial charge is 0.368 e. The molecule has 0 N–H and O–H groups in total. The van der Waals surface area contributed by atoms with Gasteiger partial charge in [0, 0.05) is 36.0 Å². The van der Waals surface area contributed by atoms with Crippen LogP contribution in [0.5, 0.6) is 0 Å². The zero-order valence-electron chi connectivity index (χ0n) is 11.4. The normalized spacial score (nSPS) is 22.6. The van der Waals surface area contributed by atoms with Gasteiger partial charge in [0.15, 0.2) is 5.78 Å². The Balaban J connectivity index is 2.45. The number of nitro groups is 1. The van der Waals surface area contributed by atoms with E-state index in [4.69, 9.17) is 0 Å². The maximum Gasteiger partial charge on any atom is 0.270 e. The number of carbonyl (C=O) groups excluding carboxylic acids is 1. The van der Waals surface area contributed by atoms with E-state index in [1.165, 1.54) is 19.1 Å². The van der Waals surface area contributed by atoms with Crippen LogP contribution in [0.3, 0.4) is 0 Å². The molecule has 0 aliphatic carbocycles. The summed E-state index contributed by atoms with van der Waals surface area (Å²) in [5, 5.41) is 10.8. The van der Waals surface area contributed by atoms with Crippen molar-refractivity contribution in [2.45, 2.75) is 33.2 Å². The van der Waals surface area contributed by atoms with E-state index >= 15 is 0 Å². The van der Waals surface area contributed by atoms with Crippen molar-refractivity contribution < 1.29 is 9.72 Å². The van der Waals surface area contributed by atoms with E-state index in [1.807, 2.05) is 0 Å². The molecule has 1 fully saturated rings. The first-order valence-electron chi connectivity index (χ1n) is 6.46. The van der Waals surface area contributed by atoms with Crippen molar-refractivity contribution in [3.8, 4) is 0 Å². The van der Waals surface area contributed by atoms with Crippen molar-refractivity contribution in [3.63, 3.8) is 0 Å². The van der Waals surface area contributed by atoms with Gasteiger partial charge in [0.1, 0.15) is 0 Å². The standard InChI is InChI=1S/C14H18N2O3/c1-9-6-10(2)15(8-9)14-5-4-12(16(18)19)7-13(14)11(3)17/h4-5,7,9-10H,6,8H2,1-3H3. The molecule has 5 nitrogen and oxygen atoms in total. The maximum atomic E-state index is 11.7. The molecule has 0 saturated carbocycles. The zero-order valence-corrected chi connectivity index (χ0v) is 11.4. The summed E-state index contributed by atoms with van der Waals surface area (Å²) in [5.41, 5.74) is 1.22. The molecule has 1 heterocycles. The number of Topliss-reactive ketones (excluding diaryl/α,β-unsaturated/α-hetero) is 1. The van der Waals surface area contributed by atoms with Gasteiger partial charge >= 0.3 is 0 Å². The van der Waals surface area contributed by atoms with Gasteiger partial charge < -0.3 is 4.90 Å². The number of anilines is 1. The predicted molar refractivity (Wildman–Crippen MR) is 73.7 cm³/mol. The lowest BCUT2D eigenvalue weighted by Gasteiger charge is -2.25. The number of carbonyl (C=O) groups is 1. The highest BCUT2D eigenvalue weighted by Crippen LogP contribution is 2.33. The van der Waals surface area contributed by atoms with Crippen LogP contribution in [0.15, 0.2) is 18.2 Å². The van der Waals surface area contributed by atoms with Crippen LogP contribution in [0.25, 0.3) is 0 Å². The van der Waals surface area contributed by atoms with Crippen molar-refractivity contribution >= 4 is 17.2 Å². The van der Waals surface area contributed by atoms with Crippen LogP contribution in [0, 0.1) is 16.0 Å². The van der Waals surface area contributed by atoms with E-state index in [0.29, 0.717) is 17.5 Å². The van der Waals surface area contributed by atoms with Crippen molar-refractivity contribution in [1.29, 1.82) is 0 Å². The second kappa shape index (κ2) is 4.99. The van der Waals surface area contributed by atoms with Crippen LogP contribution in [0.4, 0.5) is 11.4 Å². The number of ketones is 1. The van der Waals surface area contributed by atoms with Crippen LogP contribution in [0.2, 0.25) is 0 Å². The molecule has 1 aliphatic rings. The molecule has 0 amide bonds. The van der Waals surface area contributed by atoms with Gasteiger partial charge in [-0.1, -0.05) is 6.92 Å². The number of nitro benzene ring substituents is 1. The molecule has 1 aromatic rings. The third-order valence-corrected chi connectivity index (χ3v) is 3.66. The second-order valence-corrected chi connectivity index (χ2v) is 5.36. The van der Waals surface area contributed by atoms with E-state index in [-0.39, 0.29) is 11.5 Å². The second-order valence-electron chi connectivity index (χ2n) is 5.36. The van der Waals surface area contributed by atoms with Crippen LogP contribution < -0.4 is 4.90 Å². The van der Waals surface area contributed by atoms with Crippen molar-refractivity contribution in [3.05, 3.63) is 33.9 Å². The molecule has 19 heavy (non-hydrogen) atoms. The summed E-state index contributed by atoms with van der Waals surface area (Å²) in [7, 11) is 0. The average Bonchev–Trinajstić information content (AvgIpc) is 2.67. The van der Waals surface area contributed by atoms with Crippen molar-refractivity contribution in [1.82, 2.24) is 0 Å². The summed E-state index contributed by atoms with van der Waals surface area (Å²) in [6.07, 6.45) is 1.08. The molecule has 0 bridgehead atoms. The first-order valence-corrected chi connectivity index (χ1v) is 6.46. The number of hydrogen-bond acceptors (Lipinski definition) is 4. The summed E-state index contributed by atoms with van der Waals surface area (Å²) in [5.74, 6) is 0.440.